The van der Waals surface area contributed by atoms with Crippen LogP contribution in [0.3, 0.4) is 0 Å². The average Bonchev–Trinajstić information content (AvgIpc) is 2.55. The molecule has 118 valence electrons. The normalized spacial score (nSPS) is 12.3. The Morgan fingerprint density at radius 1 is 1.09 bits per heavy atom. The number of ether oxygens (including phenoxy) is 1. The highest BCUT2D eigenvalue weighted by Crippen LogP contribution is 2.34. The van der Waals surface area contributed by atoms with E-state index >= 15 is 0 Å². The Labute approximate surface area is 132 Å². The number of hydrogen-bond donors (Lipinski definition) is 2. The van der Waals surface area contributed by atoms with E-state index in [9.17, 15) is 15.0 Å². The lowest BCUT2D eigenvalue weighted by Crippen LogP contribution is -2.06. The Kier molecular flexibility index (Phi) is 3.70. The molecule has 5 nitrogen and oxygen atoms in total. The first-order chi connectivity index (χ1) is 11.0. The Bertz CT molecular complexity index is 926. The van der Waals surface area contributed by atoms with Crippen LogP contribution in [0.25, 0.3) is 11.0 Å². The molecule has 1 unspecified atom stereocenters. The van der Waals surface area contributed by atoms with Crippen LogP contribution < -0.4 is 10.2 Å². The molecule has 0 saturated heterocycles. The quantitative estimate of drug-likeness (QED) is 0.725. The predicted octanol–water partition coefficient (Wildman–Crippen LogP) is 3.36. The lowest BCUT2D eigenvalue weighted by molar-refractivity contribution is 0.401. The van der Waals surface area contributed by atoms with Crippen molar-refractivity contribution >= 4 is 11.0 Å². The van der Waals surface area contributed by atoms with E-state index in [1.165, 1.54) is 18.2 Å². The maximum Gasteiger partial charge on any atom is 0.193 e. The zero-order valence-corrected chi connectivity index (χ0v) is 12.7. The summed E-state index contributed by atoms with van der Waals surface area (Å²) in [6, 6.07) is 11.3. The average molecular weight is 312 g/mol. The van der Waals surface area contributed by atoms with Gasteiger partial charge in [0.25, 0.3) is 0 Å². The molecule has 0 fully saturated rings. The van der Waals surface area contributed by atoms with Gasteiger partial charge in [-0.05, 0) is 12.1 Å². The monoisotopic (exact) mass is 312 g/mol. The highest BCUT2D eigenvalue weighted by atomic mass is 16.5. The molecule has 3 aromatic rings. The number of fused-ring (bicyclic) bond motifs is 1. The van der Waals surface area contributed by atoms with Gasteiger partial charge >= 0.3 is 0 Å². The minimum atomic E-state index is -0.352. The summed E-state index contributed by atoms with van der Waals surface area (Å²) in [6.07, 6.45) is 0. The molecule has 1 atom stereocenters. The second kappa shape index (κ2) is 5.68. The van der Waals surface area contributed by atoms with Gasteiger partial charge in [-0.2, -0.15) is 0 Å². The third-order valence-electron chi connectivity index (χ3n) is 3.88. The van der Waals surface area contributed by atoms with Crippen LogP contribution in [0.5, 0.6) is 17.2 Å². The Hall–Kier alpha value is -2.95. The van der Waals surface area contributed by atoms with Crippen molar-refractivity contribution in [3.05, 3.63) is 64.0 Å². The molecule has 5 heteroatoms. The molecule has 0 aliphatic rings. The van der Waals surface area contributed by atoms with Crippen LogP contribution in [0.1, 0.15) is 24.2 Å². The third kappa shape index (κ3) is 2.61. The zero-order valence-electron chi connectivity index (χ0n) is 12.7. The van der Waals surface area contributed by atoms with Crippen molar-refractivity contribution in [1.29, 1.82) is 0 Å². The van der Waals surface area contributed by atoms with Crippen molar-refractivity contribution in [1.82, 2.24) is 0 Å². The summed E-state index contributed by atoms with van der Waals surface area (Å²) in [5.74, 6) is 0.269. The van der Waals surface area contributed by atoms with Gasteiger partial charge in [0, 0.05) is 23.6 Å². The van der Waals surface area contributed by atoms with Crippen molar-refractivity contribution in [3.8, 4) is 17.2 Å². The molecule has 0 bridgehead atoms. The van der Waals surface area contributed by atoms with Crippen molar-refractivity contribution in [2.75, 3.05) is 7.11 Å². The predicted molar refractivity (Wildman–Crippen MR) is 86.3 cm³/mol. The summed E-state index contributed by atoms with van der Waals surface area (Å²) in [4.78, 5) is 12.3. The maximum absolute atomic E-state index is 12.3. The van der Waals surface area contributed by atoms with E-state index in [2.05, 4.69) is 0 Å². The first kappa shape index (κ1) is 15.0. The first-order valence-corrected chi connectivity index (χ1v) is 7.14. The van der Waals surface area contributed by atoms with Crippen LogP contribution in [0.4, 0.5) is 0 Å². The number of benzene rings is 2. The standard InChI is InChI=1S/C18H16O5/c1-10(11-5-3-4-6-16(11)22-2)17-8-13(19)12-7-14(20)15(21)9-18(12)23-17/h3-10,20-21H,1-2H3. The lowest BCUT2D eigenvalue weighted by atomic mass is 9.97. The van der Waals surface area contributed by atoms with Crippen LogP contribution in [0, 0.1) is 0 Å². The topological polar surface area (TPSA) is 79.9 Å². The largest absolute Gasteiger partial charge is 0.504 e. The van der Waals surface area contributed by atoms with Gasteiger partial charge in [0.15, 0.2) is 16.9 Å². The fourth-order valence-electron chi connectivity index (χ4n) is 2.59. The molecule has 0 saturated carbocycles. The first-order valence-electron chi connectivity index (χ1n) is 7.14. The van der Waals surface area contributed by atoms with Gasteiger partial charge in [0.05, 0.1) is 12.5 Å². The smallest absolute Gasteiger partial charge is 0.193 e. The van der Waals surface area contributed by atoms with Crippen molar-refractivity contribution in [3.63, 3.8) is 0 Å². The van der Waals surface area contributed by atoms with Gasteiger partial charge in [-0.3, -0.25) is 4.79 Å². The van der Waals surface area contributed by atoms with Gasteiger partial charge in [-0.1, -0.05) is 25.1 Å². The van der Waals surface area contributed by atoms with Gasteiger partial charge in [-0.25, -0.2) is 0 Å². The number of methoxy groups -OCH3 is 1. The fraction of sp³-hybridized carbons (Fsp3) is 0.167. The Morgan fingerprint density at radius 3 is 2.52 bits per heavy atom. The van der Waals surface area contributed by atoms with Crippen LogP contribution in [0.2, 0.25) is 0 Å². The molecule has 23 heavy (non-hydrogen) atoms. The van der Waals surface area contributed by atoms with E-state index < -0.39 is 0 Å². The number of rotatable bonds is 3. The van der Waals surface area contributed by atoms with Gasteiger partial charge in [0.1, 0.15) is 17.1 Å². The SMILES string of the molecule is COc1ccccc1C(C)c1cc(=O)c2cc(O)c(O)cc2o1. The van der Waals surface area contributed by atoms with Crippen LogP contribution in [-0.2, 0) is 0 Å². The maximum atomic E-state index is 12.3. The van der Waals surface area contributed by atoms with E-state index in [1.807, 2.05) is 31.2 Å². The summed E-state index contributed by atoms with van der Waals surface area (Å²) < 4.78 is 11.1. The summed E-state index contributed by atoms with van der Waals surface area (Å²) in [6.45, 7) is 1.90. The molecular formula is C18H16O5. The van der Waals surface area contributed by atoms with Crippen LogP contribution in [0.15, 0.2) is 51.7 Å². The molecule has 0 amide bonds. The molecular weight excluding hydrogens is 296 g/mol. The van der Waals surface area contributed by atoms with Crippen molar-refractivity contribution in [2.24, 2.45) is 0 Å². The summed E-state index contributed by atoms with van der Waals surface area (Å²) in [5, 5.41) is 19.3. The summed E-state index contributed by atoms with van der Waals surface area (Å²) in [7, 11) is 1.59. The third-order valence-corrected chi connectivity index (χ3v) is 3.88. The number of phenols is 2. The molecule has 0 spiro atoms. The number of para-hydroxylation sites is 1. The van der Waals surface area contributed by atoms with Gasteiger partial charge < -0.3 is 19.4 Å². The van der Waals surface area contributed by atoms with Crippen molar-refractivity contribution in [2.45, 2.75) is 12.8 Å². The van der Waals surface area contributed by atoms with Crippen LogP contribution >= 0.6 is 0 Å². The summed E-state index contributed by atoms with van der Waals surface area (Å²) in [5.41, 5.74) is 0.836. The Morgan fingerprint density at radius 2 is 1.78 bits per heavy atom. The number of aromatic hydroxyl groups is 2. The molecule has 0 radical (unpaired) electrons. The van der Waals surface area contributed by atoms with E-state index in [-0.39, 0.29) is 33.8 Å². The van der Waals surface area contributed by atoms with E-state index in [0.717, 1.165) is 5.56 Å². The van der Waals surface area contributed by atoms with E-state index in [4.69, 9.17) is 9.15 Å². The zero-order chi connectivity index (χ0) is 16.6. The number of phenolic OH excluding ortho intramolecular Hbond substituents is 2. The fourth-order valence-corrected chi connectivity index (χ4v) is 2.59. The minimum absolute atomic E-state index is 0.209. The highest BCUT2D eigenvalue weighted by molar-refractivity contribution is 5.80. The highest BCUT2D eigenvalue weighted by Gasteiger charge is 2.18. The molecule has 1 heterocycles. The number of hydrogen-bond acceptors (Lipinski definition) is 5. The molecule has 1 aromatic heterocycles. The van der Waals surface area contributed by atoms with E-state index in [1.54, 1.807) is 7.11 Å². The molecule has 2 N–H and O–H groups in total. The second-order valence-electron chi connectivity index (χ2n) is 5.31. The molecule has 0 aliphatic heterocycles. The second-order valence-corrected chi connectivity index (χ2v) is 5.31. The minimum Gasteiger partial charge on any atom is -0.504 e. The Balaban J connectivity index is 2.16. The van der Waals surface area contributed by atoms with Crippen molar-refractivity contribution < 1.29 is 19.4 Å². The van der Waals surface area contributed by atoms with E-state index in [0.29, 0.717) is 11.5 Å². The van der Waals surface area contributed by atoms with Crippen LogP contribution in [-0.4, -0.2) is 17.3 Å². The lowest BCUT2D eigenvalue weighted by Gasteiger charge is -2.15. The summed E-state index contributed by atoms with van der Waals surface area (Å²) >= 11 is 0. The molecule has 2 aromatic carbocycles. The van der Waals surface area contributed by atoms with Gasteiger partial charge in [-0.15, -0.1) is 0 Å². The van der Waals surface area contributed by atoms with Gasteiger partial charge in [0.2, 0.25) is 0 Å². The molecule has 0 aliphatic carbocycles. The molecule has 3 rings (SSSR count).